The quantitative estimate of drug-likeness (QED) is 0.868. The van der Waals surface area contributed by atoms with E-state index >= 15 is 0 Å². The summed E-state index contributed by atoms with van der Waals surface area (Å²) in [6.07, 6.45) is 3.41. The van der Waals surface area contributed by atoms with Crippen molar-refractivity contribution in [3.63, 3.8) is 0 Å². The number of hydrogen-bond acceptors (Lipinski definition) is 4. The molecule has 0 radical (unpaired) electrons. The fourth-order valence-electron chi connectivity index (χ4n) is 2.79. The number of carbonyl (C=O) groups is 1. The average Bonchev–Trinajstić information content (AvgIpc) is 3.13. The molecule has 1 heterocycles. The number of rotatable bonds is 6. The fourth-order valence-corrected chi connectivity index (χ4v) is 3.93. The van der Waals surface area contributed by atoms with Crippen LogP contribution in [0.2, 0.25) is 0 Å². The molecule has 2 amide bonds. The number of amides is 2. The van der Waals surface area contributed by atoms with E-state index in [2.05, 4.69) is 31.2 Å². The summed E-state index contributed by atoms with van der Waals surface area (Å²) in [4.78, 5) is 14.1. The highest BCUT2D eigenvalue weighted by molar-refractivity contribution is 7.99. The van der Waals surface area contributed by atoms with Gasteiger partial charge in [0.1, 0.15) is 0 Å². The molecule has 1 aliphatic carbocycles. The van der Waals surface area contributed by atoms with Gasteiger partial charge in [-0.15, -0.1) is 0 Å². The summed E-state index contributed by atoms with van der Waals surface area (Å²) < 4.78 is 5.24. The lowest BCUT2D eigenvalue weighted by atomic mass is 10.1. The Morgan fingerprint density at radius 1 is 1.55 bits per heavy atom. The van der Waals surface area contributed by atoms with Crippen molar-refractivity contribution in [2.45, 2.75) is 63.8 Å². The lowest BCUT2D eigenvalue weighted by Gasteiger charge is -2.24. The Morgan fingerprint density at radius 3 is 2.95 bits per heavy atom. The van der Waals surface area contributed by atoms with E-state index in [0.29, 0.717) is 29.5 Å². The molecule has 1 saturated carbocycles. The molecule has 0 bridgehead atoms. The molecule has 0 spiro atoms. The third-order valence-corrected chi connectivity index (χ3v) is 5.44. The first-order valence-corrected chi connectivity index (χ1v) is 9.13. The van der Waals surface area contributed by atoms with E-state index in [0.717, 1.165) is 24.3 Å². The minimum absolute atomic E-state index is 0.0327. The van der Waals surface area contributed by atoms with Crippen LogP contribution in [-0.2, 0) is 6.54 Å². The average molecular weight is 325 g/mol. The molecule has 0 aromatic carbocycles. The molecule has 124 valence electrons. The Balaban J connectivity index is 1.79. The maximum absolute atomic E-state index is 12.3. The molecule has 1 aromatic rings. The minimum Gasteiger partial charge on any atom is -0.359 e. The van der Waals surface area contributed by atoms with Crippen molar-refractivity contribution < 1.29 is 9.32 Å². The monoisotopic (exact) mass is 325 g/mol. The number of nitrogens with zero attached hydrogens (tertiary/aromatic N) is 2. The zero-order valence-corrected chi connectivity index (χ0v) is 14.8. The molecule has 0 saturated heterocycles. The van der Waals surface area contributed by atoms with Crippen LogP contribution in [0.3, 0.4) is 0 Å². The summed E-state index contributed by atoms with van der Waals surface area (Å²) in [7, 11) is 1.89. The Bertz CT molecular complexity index is 489. The van der Waals surface area contributed by atoms with Crippen LogP contribution in [0.1, 0.15) is 57.4 Å². The Morgan fingerprint density at radius 2 is 2.32 bits per heavy atom. The Labute approximate surface area is 137 Å². The van der Waals surface area contributed by atoms with E-state index in [4.69, 9.17) is 4.52 Å². The molecule has 0 aliphatic heterocycles. The van der Waals surface area contributed by atoms with E-state index in [1.165, 1.54) is 6.42 Å². The number of aromatic nitrogens is 1. The van der Waals surface area contributed by atoms with Gasteiger partial charge in [-0.25, -0.2) is 4.79 Å². The summed E-state index contributed by atoms with van der Waals surface area (Å²) in [6, 6.07) is 2.23. The van der Waals surface area contributed by atoms with Crippen molar-refractivity contribution in [3.8, 4) is 0 Å². The fraction of sp³-hybridized carbons (Fsp3) is 0.750. The van der Waals surface area contributed by atoms with Crippen molar-refractivity contribution in [2.24, 2.45) is 0 Å². The van der Waals surface area contributed by atoms with Crippen molar-refractivity contribution in [1.29, 1.82) is 0 Å². The van der Waals surface area contributed by atoms with Gasteiger partial charge in [0.15, 0.2) is 5.76 Å². The molecule has 2 atom stereocenters. The van der Waals surface area contributed by atoms with Crippen molar-refractivity contribution >= 4 is 17.8 Å². The molecule has 6 heteroatoms. The first-order chi connectivity index (χ1) is 10.5. The second kappa shape index (κ2) is 7.90. The largest absolute Gasteiger partial charge is 0.359 e. The summed E-state index contributed by atoms with van der Waals surface area (Å²) in [5.74, 6) is 2.19. The number of carbonyl (C=O) groups excluding carboxylic acids is 1. The SMILES string of the molecule is CCS[C@H]1CC[C@H](N(C)C(=O)NCc2cc(C(C)C)no2)C1. The van der Waals surface area contributed by atoms with E-state index in [1.54, 1.807) is 0 Å². The lowest BCUT2D eigenvalue weighted by molar-refractivity contribution is 0.189. The van der Waals surface area contributed by atoms with Crippen LogP contribution in [0.15, 0.2) is 10.6 Å². The Hall–Kier alpha value is -1.17. The Kier molecular flexibility index (Phi) is 6.17. The molecule has 5 nitrogen and oxygen atoms in total. The van der Waals surface area contributed by atoms with Gasteiger partial charge in [0.05, 0.1) is 12.2 Å². The van der Waals surface area contributed by atoms with Gasteiger partial charge in [0.2, 0.25) is 0 Å². The highest BCUT2D eigenvalue weighted by Crippen LogP contribution is 2.32. The van der Waals surface area contributed by atoms with Crippen LogP contribution in [0.4, 0.5) is 4.79 Å². The van der Waals surface area contributed by atoms with Crippen LogP contribution in [0.25, 0.3) is 0 Å². The molecule has 22 heavy (non-hydrogen) atoms. The highest BCUT2D eigenvalue weighted by Gasteiger charge is 2.29. The molecule has 1 fully saturated rings. The number of hydrogen-bond donors (Lipinski definition) is 1. The smallest absolute Gasteiger partial charge is 0.317 e. The summed E-state index contributed by atoms with van der Waals surface area (Å²) in [6.45, 7) is 6.72. The molecule has 1 aromatic heterocycles. The van der Waals surface area contributed by atoms with Crippen molar-refractivity contribution in [2.75, 3.05) is 12.8 Å². The standard InChI is InChI=1S/C16H27N3O2S/c1-5-22-14-7-6-12(8-14)19(4)16(20)17-10-13-9-15(11(2)3)18-21-13/h9,11-12,14H,5-8,10H2,1-4H3,(H,17,20)/t12-,14-/m0/s1. The molecule has 1 aliphatic rings. The number of nitrogens with one attached hydrogen (secondary N) is 1. The number of urea groups is 1. The van der Waals surface area contributed by atoms with Crippen molar-refractivity contribution in [1.82, 2.24) is 15.4 Å². The van der Waals surface area contributed by atoms with Gasteiger partial charge in [0, 0.05) is 24.4 Å². The van der Waals surface area contributed by atoms with Gasteiger partial charge in [-0.1, -0.05) is 25.9 Å². The van der Waals surface area contributed by atoms with Crippen LogP contribution >= 0.6 is 11.8 Å². The maximum Gasteiger partial charge on any atom is 0.317 e. The zero-order valence-electron chi connectivity index (χ0n) is 14.0. The predicted octanol–water partition coefficient (Wildman–Crippen LogP) is 3.61. The third kappa shape index (κ3) is 4.41. The summed E-state index contributed by atoms with van der Waals surface area (Å²) >= 11 is 2.01. The van der Waals surface area contributed by atoms with Crippen LogP contribution in [0, 0.1) is 0 Å². The lowest BCUT2D eigenvalue weighted by Crippen LogP contribution is -2.42. The first kappa shape index (κ1) is 17.2. The zero-order chi connectivity index (χ0) is 16.1. The molecular weight excluding hydrogens is 298 g/mol. The summed E-state index contributed by atoms with van der Waals surface area (Å²) in [5, 5.41) is 7.63. The highest BCUT2D eigenvalue weighted by atomic mass is 32.2. The van der Waals surface area contributed by atoms with E-state index in [9.17, 15) is 4.79 Å². The first-order valence-electron chi connectivity index (χ1n) is 8.09. The van der Waals surface area contributed by atoms with Gasteiger partial charge in [-0.2, -0.15) is 11.8 Å². The second-order valence-corrected chi connectivity index (χ2v) is 7.76. The van der Waals surface area contributed by atoms with Gasteiger partial charge < -0.3 is 14.7 Å². The van der Waals surface area contributed by atoms with Gasteiger partial charge >= 0.3 is 6.03 Å². The molecule has 1 N–H and O–H groups in total. The maximum atomic E-state index is 12.3. The topological polar surface area (TPSA) is 58.4 Å². The normalized spacial score (nSPS) is 21.3. The van der Waals surface area contributed by atoms with E-state index in [1.807, 2.05) is 29.8 Å². The predicted molar refractivity (Wildman–Crippen MR) is 90.1 cm³/mol. The van der Waals surface area contributed by atoms with Gasteiger partial charge in [-0.05, 0) is 30.9 Å². The van der Waals surface area contributed by atoms with Gasteiger partial charge in [0.25, 0.3) is 0 Å². The minimum atomic E-state index is -0.0327. The second-order valence-electron chi connectivity index (χ2n) is 6.19. The van der Waals surface area contributed by atoms with Crippen LogP contribution in [0.5, 0.6) is 0 Å². The van der Waals surface area contributed by atoms with Gasteiger partial charge in [-0.3, -0.25) is 0 Å². The molecule has 0 unspecified atom stereocenters. The third-order valence-electron chi connectivity index (χ3n) is 4.21. The molecular formula is C16H27N3O2S. The van der Waals surface area contributed by atoms with E-state index in [-0.39, 0.29) is 6.03 Å². The van der Waals surface area contributed by atoms with Crippen LogP contribution < -0.4 is 5.32 Å². The van der Waals surface area contributed by atoms with Crippen molar-refractivity contribution in [3.05, 3.63) is 17.5 Å². The summed E-state index contributed by atoms with van der Waals surface area (Å²) in [5.41, 5.74) is 0.924. The number of thioether (sulfide) groups is 1. The molecule has 2 rings (SSSR count). The van der Waals surface area contributed by atoms with E-state index < -0.39 is 0 Å². The van der Waals surface area contributed by atoms with Crippen LogP contribution in [-0.4, -0.2) is 40.2 Å².